The van der Waals surface area contributed by atoms with E-state index in [9.17, 15) is 13.6 Å². The second-order valence-corrected chi connectivity index (χ2v) is 4.99. The van der Waals surface area contributed by atoms with E-state index >= 15 is 0 Å². The number of alkyl halides is 2. The summed E-state index contributed by atoms with van der Waals surface area (Å²) in [5, 5.41) is 0. The Morgan fingerprint density at radius 2 is 1.80 bits per heavy atom. The van der Waals surface area contributed by atoms with Crippen LogP contribution in [0.15, 0.2) is 53.0 Å². The van der Waals surface area contributed by atoms with Crippen LogP contribution in [0.3, 0.4) is 0 Å². The second-order valence-electron chi connectivity index (χ2n) is 4.14. The summed E-state index contributed by atoms with van der Waals surface area (Å²) in [6.07, 6.45) is 0.570. The van der Waals surface area contributed by atoms with Crippen LogP contribution in [0, 0.1) is 0 Å². The van der Waals surface area contributed by atoms with Gasteiger partial charge in [0.15, 0.2) is 12.9 Å². The van der Waals surface area contributed by atoms with Crippen molar-refractivity contribution in [2.45, 2.75) is 5.92 Å². The lowest BCUT2D eigenvalue weighted by molar-refractivity contribution is -0.0470. The van der Waals surface area contributed by atoms with Gasteiger partial charge in [0, 0.05) is 5.56 Å². The van der Waals surface area contributed by atoms with Gasteiger partial charge in [-0.3, -0.25) is 4.79 Å². The Morgan fingerprint density at radius 3 is 2.45 bits per heavy atom. The molecule has 2 nitrogen and oxygen atoms in total. The molecule has 5 heteroatoms. The maximum absolute atomic E-state index is 14.0. The fraction of sp³-hybridized carbons (Fsp3) is 0.133. The molecule has 0 saturated carbocycles. The molecule has 0 fully saturated rings. The van der Waals surface area contributed by atoms with Crippen LogP contribution < -0.4 is 4.74 Å². The fourth-order valence-corrected chi connectivity index (χ4v) is 2.19. The quantitative estimate of drug-likeness (QED) is 0.752. The summed E-state index contributed by atoms with van der Waals surface area (Å²) in [6, 6.07) is 12.2. The number of hydrogen-bond acceptors (Lipinski definition) is 2. The van der Waals surface area contributed by atoms with E-state index in [2.05, 4.69) is 15.9 Å². The van der Waals surface area contributed by atoms with Crippen LogP contribution in [0.2, 0.25) is 0 Å². The number of carbonyl (C=O) groups is 1. The average molecular weight is 341 g/mol. The zero-order valence-corrected chi connectivity index (χ0v) is 11.9. The van der Waals surface area contributed by atoms with Gasteiger partial charge in [-0.05, 0) is 28.1 Å². The number of rotatable bonds is 5. The Balaban J connectivity index is 2.19. The molecule has 0 aromatic heterocycles. The molecule has 0 atom stereocenters. The highest BCUT2D eigenvalue weighted by molar-refractivity contribution is 9.10. The third-order valence-electron chi connectivity index (χ3n) is 2.72. The van der Waals surface area contributed by atoms with E-state index < -0.39 is 12.5 Å². The minimum atomic E-state index is -3.13. The Bertz CT molecular complexity index is 600. The third kappa shape index (κ3) is 3.22. The minimum absolute atomic E-state index is 0.123. The Morgan fingerprint density at radius 1 is 1.10 bits per heavy atom. The molecule has 20 heavy (non-hydrogen) atoms. The van der Waals surface area contributed by atoms with E-state index in [0.29, 0.717) is 10.8 Å². The molecule has 2 aromatic carbocycles. The molecule has 0 aliphatic carbocycles. The molecule has 0 spiro atoms. The van der Waals surface area contributed by atoms with Crippen LogP contribution in [0.25, 0.3) is 0 Å². The van der Waals surface area contributed by atoms with E-state index in [1.54, 1.807) is 30.3 Å². The molecule has 0 aliphatic heterocycles. The van der Waals surface area contributed by atoms with Gasteiger partial charge in [-0.25, -0.2) is 0 Å². The third-order valence-corrected chi connectivity index (χ3v) is 3.34. The van der Waals surface area contributed by atoms with Gasteiger partial charge in [0.05, 0.1) is 10.0 Å². The van der Waals surface area contributed by atoms with Crippen LogP contribution in [-0.2, 0) is 5.92 Å². The van der Waals surface area contributed by atoms with Gasteiger partial charge >= 0.3 is 5.92 Å². The number of ether oxygens (including phenoxy) is 1. The van der Waals surface area contributed by atoms with Crippen LogP contribution in [0.4, 0.5) is 8.78 Å². The van der Waals surface area contributed by atoms with E-state index in [1.165, 1.54) is 18.2 Å². The fourth-order valence-electron chi connectivity index (χ4n) is 1.70. The number of carbonyl (C=O) groups excluding carboxylic acids is 1. The van der Waals surface area contributed by atoms with Crippen LogP contribution in [-0.4, -0.2) is 12.9 Å². The van der Waals surface area contributed by atoms with Crippen molar-refractivity contribution in [3.8, 4) is 5.75 Å². The van der Waals surface area contributed by atoms with E-state index in [4.69, 9.17) is 4.74 Å². The van der Waals surface area contributed by atoms with Crippen molar-refractivity contribution in [3.63, 3.8) is 0 Å². The monoisotopic (exact) mass is 340 g/mol. The molecular weight excluding hydrogens is 330 g/mol. The molecule has 0 radical (unpaired) electrons. The summed E-state index contributed by atoms with van der Waals surface area (Å²) >= 11 is 3.18. The first-order valence-corrected chi connectivity index (χ1v) is 6.64. The highest BCUT2D eigenvalue weighted by Gasteiger charge is 2.32. The van der Waals surface area contributed by atoms with Crippen molar-refractivity contribution >= 4 is 22.2 Å². The van der Waals surface area contributed by atoms with Crippen LogP contribution >= 0.6 is 15.9 Å². The number of halogens is 3. The minimum Gasteiger partial charge on any atom is -0.485 e. The Kier molecular flexibility index (Phi) is 4.49. The SMILES string of the molecule is O=Cc1cccc(Br)c1OCC(F)(F)c1ccccc1. The zero-order valence-electron chi connectivity index (χ0n) is 10.4. The summed E-state index contributed by atoms with van der Waals surface area (Å²) in [5.41, 5.74) is 0.0999. The molecule has 0 amide bonds. The molecule has 0 aliphatic rings. The van der Waals surface area contributed by atoms with E-state index in [0.717, 1.165) is 0 Å². The van der Waals surface area contributed by atoms with Crippen molar-refractivity contribution in [1.82, 2.24) is 0 Å². The van der Waals surface area contributed by atoms with Gasteiger partial charge in [0.2, 0.25) is 0 Å². The van der Waals surface area contributed by atoms with Crippen molar-refractivity contribution in [2.75, 3.05) is 6.61 Å². The normalized spacial score (nSPS) is 11.2. The lowest BCUT2D eigenvalue weighted by atomic mass is 10.1. The van der Waals surface area contributed by atoms with E-state index in [1.807, 2.05) is 0 Å². The standard InChI is InChI=1S/C15H11BrF2O2/c16-13-8-4-5-11(9-19)14(13)20-10-15(17,18)12-6-2-1-3-7-12/h1-9H,10H2. The molecule has 0 saturated heterocycles. The summed E-state index contributed by atoms with van der Waals surface area (Å²) in [6.45, 7) is -0.833. The van der Waals surface area contributed by atoms with E-state index in [-0.39, 0.29) is 16.9 Å². The van der Waals surface area contributed by atoms with Crippen LogP contribution in [0.1, 0.15) is 15.9 Å². The summed E-state index contributed by atoms with van der Waals surface area (Å²) in [4.78, 5) is 10.9. The predicted molar refractivity (Wildman–Crippen MR) is 75.4 cm³/mol. The lowest BCUT2D eigenvalue weighted by Gasteiger charge is -2.18. The van der Waals surface area contributed by atoms with Gasteiger partial charge in [-0.2, -0.15) is 8.78 Å². The van der Waals surface area contributed by atoms with Crippen molar-refractivity contribution in [1.29, 1.82) is 0 Å². The first kappa shape index (κ1) is 14.7. The zero-order chi connectivity index (χ0) is 14.6. The Labute approximate surface area is 123 Å². The first-order chi connectivity index (χ1) is 9.54. The summed E-state index contributed by atoms with van der Waals surface area (Å²) in [5.74, 6) is -3.01. The van der Waals surface area contributed by atoms with Gasteiger partial charge < -0.3 is 4.74 Å². The summed E-state index contributed by atoms with van der Waals surface area (Å²) < 4.78 is 33.6. The highest BCUT2D eigenvalue weighted by atomic mass is 79.9. The molecular formula is C15H11BrF2O2. The largest absolute Gasteiger partial charge is 0.485 e. The van der Waals surface area contributed by atoms with Crippen LogP contribution in [0.5, 0.6) is 5.75 Å². The van der Waals surface area contributed by atoms with Gasteiger partial charge in [0.25, 0.3) is 0 Å². The van der Waals surface area contributed by atoms with Gasteiger partial charge in [-0.1, -0.05) is 36.4 Å². The molecule has 0 unspecified atom stereocenters. The van der Waals surface area contributed by atoms with Crippen molar-refractivity contribution in [2.24, 2.45) is 0 Å². The summed E-state index contributed by atoms with van der Waals surface area (Å²) in [7, 11) is 0. The average Bonchev–Trinajstić information content (AvgIpc) is 2.46. The Hall–Kier alpha value is -1.75. The van der Waals surface area contributed by atoms with Crippen molar-refractivity contribution < 1.29 is 18.3 Å². The maximum Gasteiger partial charge on any atom is 0.306 e. The van der Waals surface area contributed by atoms with Gasteiger partial charge in [-0.15, -0.1) is 0 Å². The smallest absolute Gasteiger partial charge is 0.306 e. The molecule has 0 bridgehead atoms. The molecule has 2 aromatic rings. The number of benzene rings is 2. The second kappa shape index (κ2) is 6.13. The van der Waals surface area contributed by atoms with Crippen molar-refractivity contribution in [3.05, 3.63) is 64.1 Å². The predicted octanol–water partition coefficient (Wildman–Crippen LogP) is 4.43. The number of aldehydes is 1. The molecule has 0 heterocycles. The topological polar surface area (TPSA) is 26.3 Å². The maximum atomic E-state index is 14.0. The number of hydrogen-bond donors (Lipinski definition) is 0. The lowest BCUT2D eigenvalue weighted by Crippen LogP contribution is -2.23. The highest BCUT2D eigenvalue weighted by Crippen LogP contribution is 2.32. The molecule has 0 N–H and O–H groups in total. The van der Waals surface area contributed by atoms with Gasteiger partial charge in [0.1, 0.15) is 5.75 Å². The first-order valence-electron chi connectivity index (χ1n) is 5.84. The molecule has 104 valence electrons. The number of para-hydroxylation sites is 1. The molecule has 2 rings (SSSR count).